The normalized spacial score (nSPS) is 10.2. The molecule has 2 N–H and O–H groups in total. The van der Waals surface area contributed by atoms with Gasteiger partial charge in [-0.05, 0) is 24.1 Å². The minimum absolute atomic E-state index is 0.277. The van der Waals surface area contributed by atoms with E-state index in [1.54, 1.807) is 24.5 Å². The molecule has 0 saturated carbocycles. The first-order valence-electron chi connectivity index (χ1n) is 5.24. The van der Waals surface area contributed by atoms with Crippen LogP contribution in [0.25, 0.3) is 0 Å². The first-order valence-corrected chi connectivity index (χ1v) is 5.62. The number of hydrogen-bond acceptors (Lipinski definition) is 4. The Morgan fingerprint density at radius 1 is 1.12 bits per heavy atom. The summed E-state index contributed by atoms with van der Waals surface area (Å²) in [5.74, 6) is 0.867. The number of phenols is 1. The summed E-state index contributed by atoms with van der Waals surface area (Å²) in [5.41, 5.74) is 1.13. The zero-order valence-corrected chi connectivity index (χ0v) is 9.85. The molecule has 0 fully saturated rings. The minimum Gasteiger partial charge on any atom is -0.508 e. The largest absolute Gasteiger partial charge is 0.508 e. The standard InChI is InChI=1S/C12H12ClN3O/c13-11-12(16-8-7-14-11)15-6-5-9-1-3-10(17)4-2-9/h1-4,7-8,17H,5-6H2,(H,15,16). The summed E-state index contributed by atoms with van der Waals surface area (Å²) in [4.78, 5) is 8.00. The molecule has 0 saturated heterocycles. The van der Waals surface area contributed by atoms with Gasteiger partial charge < -0.3 is 10.4 Å². The molecule has 17 heavy (non-hydrogen) atoms. The van der Waals surface area contributed by atoms with E-state index < -0.39 is 0 Å². The van der Waals surface area contributed by atoms with Gasteiger partial charge in [0.1, 0.15) is 5.75 Å². The smallest absolute Gasteiger partial charge is 0.171 e. The topological polar surface area (TPSA) is 58.0 Å². The summed E-state index contributed by atoms with van der Waals surface area (Å²) in [6.45, 7) is 0.711. The molecule has 1 heterocycles. The van der Waals surface area contributed by atoms with Crippen LogP contribution in [0.15, 0.2) is 36.7 Å². The molecular formula is C12H12ClN3O. The van der Waals surface area contributed by atoms with Crippen molar-refractivity contribution in [3.8, 4) is 5.75 Å². The van der Waals surface area contributed by atoms with Gasteiger partial charge >= 0.3 is 0 Å². The number of halogens is 1. The highest BCUT2D eigenvalue weighted by Crippen LogP contribution is 2.14. The quantitative estimate of drug-likeness (QED) is 0.874. The number of aromatic nitrogens is 2. The molecule has 0 bridgehead atoms. The van der Waals surface area contributed by atoms with E-state index in [1.165, 1.54) is 0 Å². The van der Waals surface area contributed by atoms with Crippen LogP contribution in [0.2, 0.25) is 5.15 Å². The first kappa shape index (κ1) is 11.7. The molecular weight excluding hydrogens is 238 g/mol. The van der Waals surface area contributed by atoms with E-state index in [1.807, 2.05) is 12.1 Å². The van der Waals surface area contributed by atoms with Crippen LogP contribution >= 0.6 is 11.6 Å². The summed E-state index contributed by atoms with van der Waals surface area (Å²) in [5, 5.41) is 12.6. The SMILES string of the molecule is Oc1ccc(CCNc2nccnc2Cl)cc1. The highest BCUT2D eigenvalue weighted by Gasteiger charge is 2.00. The molecule has 1 aromatic heterocycles. The van der Waals surface area contributed by atoms with Crippen LogP contribution in [-0.4, -0.2) is 21.6 Å². The number of nitrogens with zero attached hydrogens (tertiary/aromatic N) is 2. The van der Waals surface area contributed by atoms with Crippen LogP contribution in [0.1, 0.15) is 5.56 Å². The fraction of sp³-hybridized carbons (Fsp3) is 0.167. The summed E-state index contributed by atoms with van der Waals surface area (Å²) in [6.07, 6.45) is 3.97. The van der Waals surface area contributed by atoms with E-state index in [2.05, 4.69) is 15.3 Å². The Kier molecular flexibility index (Phi) is 3.77. The zero-order valence-electron chi connectivity index (χ0n) is 9.10. The number of anilines is 1. The Labute approximate surface area is 104 Å². The van der Waals surface area contributed by atoms with Gasteiger partial charge in [0.2, 0.25) is 0 Å². The Bertz CT molecular complexity index is 487. The number of nitrogens with one attached hydrogen (secondary N) is 1. The van der Waals surface area contributed by atoms with E-state index in [0.29, 0.717) is 17.5 Å². The van der Waals surface area contributed by atoms with Gasteiger partial charge in [-0.2, -0.15) is 0 Å². The molecule has 88 valence electrons. The predicted octanol–water partition coefficient (Wildman–Crippen LogP) is 2.49. The fourth-order valence-electron chi connectivity index (χ4n) is 1.43. The molecule has 0 aliphatic rings. The molecule has 2 rings (SSSR count). The fourth-order valence-corrected chi connectivity index (χ4v) is 1.60. The zero-order chi connectivity index (χ0) is 12.1. The van der Waals surface area contributed by atoms with Crippen LogP contribution in [0, 0.1) is 0 Å². The van der Waals surface area contributed by atoms with Crippen LogP contribution < -0.4 is 5.32 Å². The maximum atomic E-state index is 9.15. The second-order valence-corrected chi connectivity index (χ2v) is 3.90. The molecule has 0 radical (unpaired) electrons. The number of aromatic hydroxyl groups is 1. The number of hydrogen-bond donors (Lipinski definition) is 2. The van der Waals surface area contributed by atoms with Gasteiger partial charge in [0.25, 0.3) is 0 Å². The Morgan fingerprint density at radius 2 is 1.82 bits per heavy atom. The number of rotatable bonds is 4. The van der Waals surface area contributed by atoms with Crippen LogP contribution in [0.5, 0.6) is 5.75 Å². The number of phenolic OH excluding ortho intramolecular Hbond substituents is 1. The molecule has 0 unspecified atom stereocenters. The summed E-state index contributed by atoms with van der Waals surface area (Å²) >= 11 is 5.86. The van der Waals surface area contributed by atoms with Crippen molar-refractivity contribution < 1.29 is 5.11 Å². The highest BCUT2D eigenvalue weighted by molar-refractivity contribution is 6.31. The Morgan fingerprint density at radius 3 is 2.53 bits per heavy atom. The van der Waals surface area contributed by atoms with E-state index in [0.717, 1.165) is 12.0 Å². The molecule has 0 aliphatic carbocycles. The maximum Gasteiger partial charge on any atom is 0.171 e. The minimum atomic E-state index is 0.277. The van der Waals surface area contributed by atoms with Crippen molar-refractivity contribution in [2.45, 2.75) is 6.42 Å². The molecule has 0 spiro atoms. The van der Waals surface area contributed by atoms with Crippen LogP contribution in [0.4, 0.5) is 5.82 Å². The van der Waals surface area contributed by atoms with Gasteiger partial charge in [-0.15, -0.1) is 0 Å². The van der Waals surface area contributed by atoms with Gasteiger partial charge in [-0.3, -0.25) is 0 Å². The summed E-state index contributed by atoms with van der Waals surface area (Å²) in [6, 6.07) is 7.11. The van der Waals surface area contributed by atoms with Crippen molar-refractivity contribution in [2.24, 2.45) is 0 Å². The molecule has 5 heteroatoms. The van der Waals surface area contributed by atoms with E-state index in [9.17, 15) is 0 Å². The van der Waals surface area contributed by atoms with Gasteiger partial charge in [0.05, 0.1) is 0 Å². The van der Waals surface area contributed by atoms with Crippen molar-refractivity contribution >= 4 is 17.4 Å². The van der Waals surface area contributed by atoms with Gasteiger partial charge in [0, 0.05) is 18.9 Å². The van der Waals surface area contributed by atoms with Crippen molar-refractivity contribution in [3.05, 3.63) is 47.4 Å². The predicted molar refractivity (Wildman–Crippen MR) is 67.3 cm³/mol. The Hall–Kier alpha value is -1.81. The lowest BCUT2D eigenvalue weighted by Crippen LogP contribution is -2.07. The number of benzene rings is 1. The van der Waals surface area contributed by atoms with Gasteiger partial charge in [-0.25, -0.2) is 9.97 Å². The lowest BCUT2D eigenvalue weighted by molar-refractivity contribution is 0.475. The monoisotopic (exact) mass is 249 g/mol. The van der Waals surface area contributed by atoms with Crippen LogP contribution in [0.3, 0.4) is 0 Å². The first-order chi connectivity index (χ1) is 8.25. The highest BCUT2D eigenvalue weighted by atomic mass is 35.5. The Balaban J connectivity index is 1.88. The van der Waals surface area contributed by atoms with Crippen molar-refractivity contribution in [3.63, 3.8) is 0 Å². The molecule has 0 atom stereocenters. The van der Waals surface area contributed by atoms with Crippen molar-refractivity contribution in [1.82, 2.24) is 9.97 Å². The van der Waals surface area contributed by atoms with E-state index >= 15 is 0 Å². The average Bonchev–Trinajstić information content (AvgIpc) is 2.34. The average molecular weight is 250 g/mol. The molecule has 1 aromatic carbocycles. The third-order valence-corrected chi connectivity index (χ3v) is 2.57. The van der Waals surface area contributed by atoms with Crippen molar-refractivity contribution in [2.75, 3.05) is 11.9 Å². The second-order valence-electron chi connectivity index (χ2n) is 3.54. The van der Waals surface area contributed by atoms with E-state index in [4.69, 9.17) is 16.7 Å². The lowest BCUT2D eigenvalue weighted by Gasteiger charge is -2.06. The second kappa shape index (κ2) is 5.50. The third kappa shape index (κ3) is 3.32. The maximum absolute atomic E-state index is 9.15. The summed E-state index contributed by atoms with van der Waals surface area (Å²) < 4.78 is 0. The molecule has 4 nitrogen and oxygen atoms in total. The van der Waals surface area contributed by atoms with E-state index in [-0.39, 0.29) is 5.75 Å². The van der Waals surface area contributed by atoms with Gasteiger partial charge in [-0.1, -0.05) is 23.7 Å². The van der Waals surface area contributed by atoms with Gasteiger partial charge in [0.15, 0.2) is 11.0 Å². The molecule has 0 aliphatic heterocycles. The van der Waals surface area contributed by atoms with Crippen LogP contribution in [-0.2, 0) is 6.42 Å². The molecule has 2 aromatic rings. The molecule has 0 amide bonds. The van der Waals surface area contributed by atoms with Crippen molar-refractivity contribution in [1.29, 1.82) is 0 Å². The lowest BCUT2D eigenvalue weighted by atomic mass is 10.1. The third-order valence-electron chi connectivity index (χ3n) is 2.30. The summed E-state index contributed by atoms with van der Waals surface area (Å²) in [7, 11) is 0.